The number of fused-ring (bicyclic) bond motifs is 1. The third-order valence-corrected chi connectivity index (χ3v) is 7.14. The molecule has 210 valence electrons. The van der Waals surface area contributed by atoms with Gasteiger partial charge in [0.05, 0.1) is 41.7 Å². The van der Waals surface area contributed by atoms with E-state index in [1.54, 1.807) is 76.2 Å². The van der Waals surface area contributed by atoms with E-state index in [0.29, 0.717) is 48.3 Å². The van der Waals surface area contributed by atoms with Crippen LogP contribution in [0.3, 0.4) is 0 Å². The van der Waals surface area contributed by atoms with Gasteiger partial charge in [-0.25, -0.2) is 14.6 Å². The molecule has 0 spiro atoms. The van der Waals surface area contributed by atoms with Crippen molar-refractivity contribution in [1.29, 1.82) is 0 Å². The molecule has 1 aliphatic rings. The van der Waals surface area contributed by atoms with Gasteiger partial charge in [0.15, 0.2) is 22.9 Å². The summed E-state index contributed by atoms with van der Waals surface area (Å²) < 4.78 is 23.3. The topological polar surface area (TPSA) is 105 Å². The number of ether oxygens (including phenoxy) is 4. The highest BCUT2D eigenvalue weighted by Gasteiger charge is 2.33. The largest absolute Gasteiger partial charge is 0.493 e. The van der Waals surface area contributed by atoms with Crippen molar-refractivity contribution in [2.45, 2.75) is 39.8 Å². The van der Waals surface area contributed by atoms with Gasteiger partial charge >= 0.3 is 11.9 Å². The molecule has 0 bridgehead atoms. The SMILES string of the molecule is CCOC(=O)COc1ccc(C=c2sc3n(c2=O)C(c2ccc(Cl)cc2)C(C(=O)OC(C)C)=C(C)N=3)cc1OC. The van der Waals surface area contributed by atoms with Crippen molar-refractivity contribution < 1.29 is 28.5 Å². The average Bonchev–Trinajstić information content (AvgIpc) is 3.21. The number of halogens is 1. The summed E-state index contributed by atoms with van der Waals surface area (Å²) in [6.07, 6.45) is 1.37. The molecule has 2 aromatic carbocycles. The molecule has 0 radical (unpaired) electrons. The monoisotopic (exact) mass is 584 g/mol. The van der Waals surface area contributed by atoms with Gasteiger partial charge in [-0.2, -0.15) is 0 Å². The van der Waals surface area contributed by atoms with Crippen LogP contribution in [0.5, 0.6) is 11.5 Å². The summed E-state index contributed by atoms with van der Waals surface area (Å²) in [5.41, 5.74) is 1.83. The lowest BCUT2D eigenvalue weighted by Crippen LogP contribution is -2.40. The first-order chi connectivity index (χ1) is 19.1. The number of methoxy groups -OCH3 is 1. The maximum absolute atomic E-state index is 13.8. The Balaban J connectivity index is 1.79. The number of hydrogen-bond donors (Lipinski definition) is 0. The molecule has 1 unspecified atom stereocenters. The highest BCUT2D eigenvalue weighted by Crippen LogP contribution is 2.32. The maximum Gasteiger partial charge on any atom is 0.344 e. The Morgan fingerprint density at radius 1 is 1.15 bits per heavy atom. The Labute approximate surface area is 239 Å². The predicted octanol–water partition coefficient (Wildman–Crippen LogP) is 3.79. The summed E-state index contributed by atoms with van der Waals surface area (Å²) in [6, 6.07) is 11.4. The zero-order valence-electron chi connectivity index (χ0n) is 22.7. The van der Waals surface area contributed by atoms with Gasteiger partial charge in [0, 0.05) is 5.02 Å². The van der Waals surface area contributed by atoms with E-state index in [4.69, 9.17) is 30.5 Å². The molecular weight excluding hydrogens is 556 g/mol. The van der Waals surface area contributed by atoms with Gasteiger partial charge in [0.25, 0.3) is 5.56 Å². The number of allylic oxidation sites excluding steroid dienone is 1. The van der Waals surface area contributed by atoms with E-state index in [1.165, 1.54) is 23.0 Å². The van der Waals surface area contributed by atoms with Crippen molar-refractivity contribution in [2.24, 2.45) is 4.99 Å². The molecule has 0 N–H and O–H groups in total. The van der Waals surface area contributed by atoms with E-state index in [9.17, 15) is 14.4 Å². The van der Waals surface area contributed by atoms with Gasteiger partial charge in [-0.3, -0.25) is 9.36 Å². The first-order valence-corrected chi connectivity index (χ1v) is 13.8. The molecule has 1 aromatic heterocycles. The van der Waals surface area contributed by atoms with Gasteiger partial charge in [0.2, 0.25) is 0 Å². The molecule has 3 aromatic rings. The molecule has 40 heavy (non-hydrogen) atoms. The fourth-order valence-electron chi connectivity index (χ4n) is 4.20. The smallest absolute Gasteiger partial charge is 0.344 e. The minimum absolute atomic E-state index is 0.256. The van der Waals surface area contributed by atoms with Crippen LogP contribution in [-0.4, -0.2) is 42.9 Å². The van der Waals surface area contributed by atoms with Crippen LogP contribution in [0, 0.1) is 0 Å². The lowest BCUT2D eigenvalue weighted by molar-refractivity contribution is -0.145. The van der Waals surface area contributed by atoms with Gasteiger partial charge in [-0.15, -0.1) is 0 Å². The number of nitrogens with zero attached hydrogens (tertiary/aromatic N) is 2. The Morgan fingerprint density at radius 2 is 1.88 bits per heavy atom. The molecule has 1 aliphatic heterocycles. The van der Waals surface area contributed by atoms with Crippen molar-refractivity contribution in [3.8, 4) is 11.5 Å². The molecule has 1 atom stereocenters. The van der Waals surface area contributed by atoms with Crippen LogP contribution in [0.25, 0.3) is 6.08 Å². The standard InChI is InChI=1S/C29H29ClN2O7S/c1-6-37-24(33)15-38-21-12-7-18(13-22(21)36-5)14-23-27(34)32-26(19-8-10-20(30)11-9-19)25(28(35)39-16(2)3)17(4)31-29(32)40-23/h7-14,16,26H,6,15H2,1-5H3. The minimum Gasteiger partial charge on any atom is -0.493 e. The normalized spacial score (nSPS) is 15.0. The van der Waals surface area contributed by atoms with Crippen LogP contribution in [0.2, 0.25) is 5.02 Å². The van der Waals surface area contributed by atoms with Crippen LogP contribution in [0.1, 0.15) is 44.9 Å². The van der Waals surface area contributed by atoms with Gasteiger partial charge in [-0.1, -0.05) is 41.1 Å². The third-order valence-electron chi connectivity index (χ3n) is 5.91. The number of hydrogen-bond acceptors (Lipinski definition) is 9. The number of thiazole rings is 1. The summed E-state index contributed by atoms with van der Waals surface area (Å²) in [4.78, 5) is 43.7. The minimum atomic E-state index is -0.741. The summed E-state index contributed by atoms with van der Waals surface area (Å²) in [6.45, 7) is 6.98. The maximum atomic E-state index is 13.8. The van der Waals surface area contributed by atoms with Crippen molar-refractivity contribution in [1.82, 2.24) is 4.57 Å². The van der Waals surface area contributed by atoms with Crippen LogP contribution in [-0.2, 0) is 19.1 Å². The van der Waals surface area contributed by atoms with Crippen molar-refractivity contribution in [3.05, 3.63) is 89.6 Å². The molecule has 11 heteroatoms. The molecule has 0 saturated carbocycles. The quantitative estimate of drug-likeness (QED) is 0.352. The van der Waals surface area contributed by atoms with E-state index in [2.05, 4.69) is 4.99 Å². The first kappa shape index (κ1) is 29.1. The Kier molecular flexibility index (Phi) is 9.11. The number of rotatable bonds is 9. The molecule has 0 amide bonds. The molecule has 4 rings (SSSR count). The fraction of sp³-hybridized carbons (Fsp3) is 0.310. The van der Waals surface area contributed by atoms with Crippen molar-refractivity contribution in [3.63, 3.8) is 0 Å². The lowest BCUT2D eigenvalue weighted by atomic mass is 9.96. The van der Waals surface area contributed by atoms with E-state index >= 15 is 0 Å². The molecule has 9 nitrogen and oxygen atoms in total. The number of benzene rings is 2. The second-order valence-electron chi connectivity index (χ2n) is 9.09. The first-order valence-electron chi connectivity index (χ1n) is 12.6. The summed E-state index contributed by atoms with van der Waals surface area (Å²) in [5, 5.41) is 0.534. The van der Waals surface area contributed by atoms with E-state index in [0.717, 1.165) is 0 Å². The molecule has 0 saturated heterocycles. The zero-order valence-corrected chi connectivity index (χ0v) is 24.3. The van der Waals surface area contributed by atoms with Crippen LogP contribution >= 0.6 is 22.9 Å². The van der Waals surface area contributed by atoms with E-state index in [-0.39, 0.29) is 24.9 Å². The number of esters is 2. The highest BCUT2D eigenvalue weighted by atomic mass is 35.5. The van der Waals surface area contributed by atoms with Gasteiger partial charge in [0.1, 0.15) is 0 Å². The molecular formula is C29H29ClN2O7S. The highest BCUT2D eigenvalue weighted by molar-refractivity contribution is 7.07. The van der Waals surface area contributed by atoms with Crippen LogP contribution in [0.4, 0.5) is 0 Å². The lowest BCUT2D eigenvalue weighted by Gasteiger charge is -2.25. The second kappa shape index (κ2) is 12.5. The summed E-state index contributed by atoms with van der Waals surface area (Å²) in [7, 11) is 1.48. The Bertz CT molecular complexity index is 1640. The van der Waals surface area contributed by atoms with Crippen molar-refractivity contribution in [2.75, 3.05) is 20.3 Å². The van der Waals surface area contributed by atoms with Gasteiger partial charge in [-0.05, 0) is 69.2 Å². The predicted molar refractivity (Wildman–Crippen MR) is 152 cm³/mol. The number of carbonyl (C=O) groups excluding carboxylic acids is 2. The molecule has 2 heterocycles. The fourth-order valence-corrected chi connectivity index (χ4v) is 5.38. The summed E-state index contributed by atoms with van der Waals surface area (Å²) in [5.74, 6) is -0.272. The average molecular weight is 585 g/mol. The number of carbonyl (C=O) groups is 2. The number of aromatic nitrogens is 1. The summed E-state index contributed by atoms with van der Waals surface area (Å²) >= 11 is 7.33. The van der Waals surface area contributed by atoms with Crippen LogP contribution in [0.15, 0.2) is 63.5 Å². The third kappa shape index (κ3) is 6.29. The van der Waals surface area contributed by atoms with Crippen LogP contribution < -0.4 is 24.4 Å². The van der Waals surface area contributed by atoms with Crippen molar-refractivity contribution >= 4 is 41.0 Å². The van der Waals surface area contributed by atoms with E-state index < -0.39 is 18.0 Å². The second-order valence-corrected chi connectivity index (χ2v) is 10.5. The Morgan fingerprint density at radius 3 is 2.52 bits per heavy atom. The molecule has 0 aliphatic carbocycles. The zero-order chi connectivity index (χ0) is 29.0. The Hall–Kier alpha value is -3.89. The van der Waals surface area contributed by atoms with Gasteiger partial charge < -0.3 is 18.9 Å². The molecule has 0 fully saturated rings. The van der Waals surface area contributed by atoms with E-state index in [1.807, 2.05) is 0 Å².